The number of anilines is 2. The summed E-state index contributed by atoms with van der Waals surface area (Å²) in [5.41, 5.74) is 1.91. The number of hydrogen-bond donors (Lipinski definition) is 1. The number of piperazine rings is 1. The van der Waals surface area contributed by atoms with E-state index in [1.165, 1.54) is 0 Å². The molecular formula is C18H23N5O2. The monoisotopic (exact) mass is 341 g/mol. The van der Waals surface area contributed by atoms with Crippen LogP contribution in [0.5, 0.6) is 5.75 Å². The van der Waals surface area contributed by atoms with Gasteiger partial charge in [0.25, 0.3) is 5.91 Å². The van der Waals surface area contributed by atoms with Crippen LogP contribution in [0.15, 0.2) is 30.3 Å². The zero-order chi connectivity index (χ0) is 17.8. The maximum absolute atomic E-state index is 12.8. The molecule has 1 aromatic heterocycles. The lowest BCUT2D eigenvalue weighted by Crippen LogP contribution is -2.47. The Morgan fingerprint density at radius 1 is 1.16 bits per heavy atom. The lowest BCUT2D eigenvalue weighted by molar-refractivity contribution is 0.0658. The molecule has 1 amide bonds. The van der Waals surface area contributed by atoms with Crippen LogP contribution in [-0.4, -0.2) is 66.0 Å². The van der Waals surface area contributed by atoms with Crippen molar-refractivity contribution in [3.05, 3.63) is 41.7 Å². The average molecular weight is 341 g/mol. The smallest absolute Gasteiger partial charge is 0.272 e. The summed E-state index contributed by atoms with van der Waals surface area (Å²) >= 11 is 0. The molecule has 7 nitrogen and oxygen atoms in total. The third-order valence-electron chi connectivity index (χ3n) is 4.22. The molecule has 132 valence electrons. The van der Waals surface area contributed by atoms with E-state index in [4.69, 9.17) is 4.74 Å². The van der Waals surface area contributed by atoms with E-state index in [9.17, 15) is 4.79 Å². The predicted molar refractivity (Wildman–Crippen MR) is 96.4 cm³/mol. The molecule has 0 bridgehead atoms. The highest BCUT2D eigenvalue weighted by molar-refractivity contribution is 5.92. The Hall–Kier alpha value is -2.67. The molecule has 25 heavy (non-hydrogen) atoms. The van der Waals surface area contributed by atoms with Crippen molar-refractivity contribution < 1.29 is 9.53 Å². The van der Waals surface area contributed by atoms with Gasteiger partial charge in [0.1, 0.15) is 11.4 Å². The van der Waals surface area contributed by atoms with Crippen molar-refractivity contribution in [2.24, 2.45) is 0 Å². The highest BCUT2D eigenvalue weighted by Crippen LogP contribution is 2.25. The molecule has 0 spiro atoms. The molecule has 7 heteroatoms. The Kier molecular flexibility index (Phi) is 5.14. The highest BCUT2D eigenvalue weighted by Gasteiger charge is 2.22. The molecule has 3 rings (SSSR count). The third kappa shape index (κ3) is 4.06. The number of benzene rings is 1. The Balaban J connectivity index is 1.82. The van der Waals surface area contributed by atoms with Crippen LogP contribution in [-0.2, 0) is 0 Å². The highest BCUT2D eigenvalue weighted by atomic mass is 16.5. The van der Waals surface area contributed by atoms with E-state index >= 15 is 0 Å². The first-order valence-corrected chi connectivity index (χ1v) is 8.30. The fraction of sp³-hybridized carbons (Fsp3) is 0.389. The molecule has 1 saturated heterocycles. The van der Waals surface area contributed by atoms with E-state index in [1.54, 1.807) is 13.2 Å². The average Bonchev–Trinajstić information content (AvgIpc) is 2.62. The fourth-order valence-corrected chi connectivity index (χ4v) is 2.77. The number of likely N-dealkylation sites (N-methyl/N-ethyl adjacent to an activating group) is 1. The van der Waals surface area contributed by atoms with Gasteiger partial charge in [0.05, 0.1) is 12.8 Å². The van der Waals surface area contributed by atoms with Gasteiger partial charge in [0.2, 0.25) is 5.95 Å². The van der Waals surface area contributed by atoms with Crippen LogP contribution < -0.4 is 10.1 Å². The number of hydrogen-bond acceptors (Lipinski definition) is 6. The number of nitrogens with zero attached hydrogens (tertiary/aromatic N) is 4. The van der Waals surface area contributed by atoms with Gasteiger partial charge in [-0.05, 0) is 32.2 Å². The second kappa shape index (κ2) is 7.48. The number of aryl methyl sites for hydroxylation is 1. The first kappa shape index (κ1) is 17.2. The first-order valence-electron chi connectivity index (χ1n) is 8.30. The van der Waals surface area contributed by atoms with Gasteiger partial charge in [0, 0.05) is 31.9 Å². The lowest BCUT2D eigenvalue weighted by atomic mass is 10.2. The first-order chi connectivity index (χ1) is 12.1. The number of ether oxygens (including phenoxy) is 1. The van der Waals surface area contributed by atoms with Gasteiger partial charge in [-0.3, -0.25) is 4.79 Å². The number of carbonyl (C=O) groups excluding carboxylic acids is 1. The van der Waals surface area contributed by atoms with Gasteiger partial charge < -0.3 is 19.9 Å². The normalized spacial score (nSPS) is 15.1. The Labute approximate surface area is 147 Å². The van der Waals surface area contributed by atoms with Crippen molar-refractivity contribution in [3.63, 3.8) is 0 Å². The number of carbonyl (C=O) groups is 1. The summed E-state index contributed by atoms with van der Waals surface area (Å²) < 4.78 is 5.33. The van der Waals surface area contributed by atoms with Crippen LogP contribution in [0.3, 0.4) is 0 Å². The SMILES string of the molecule is COc1ccccc1Nc1nc(C)cc(C(=O)N2CCN(C)CC2)n1. The van der Waals surface area contributed by atoms with Crippen molar-refractivity contribution in [2.75, 3.05) is 45.7 Å². The van der Waals surface area contributed by atoms with Crippen molar-refractivity contribution in [1.82, 2.24) is 19.8 Å². The predicted octanol–water partition coefficient (Wildman–Crippen LogP) is 1.92. The van der Waals surface area contributed by atoms with E-state index in [1.807, 2.05) is 36.1 Å². The minimum absolute atomic E-state index is 0.0540. The van der Waals surface area contributed by atoms with E-state index in [2.05, 4.69) is 27.2 Å². The van der Waals surface area contributed by atoms with E-state index in [0.29, 0.717) is 30.5 Å². The minimum atomic E-state index is -0.0540. The number of methoxy groups -OCH3 is 1. The molecule has 0 atom stereocenters. The van der Waals surface area contributed by atoms with Crippen LogP contribution in [0.25, 0.3) is 0 Å². The zero-order valence-corrected chi connectivity index (χ0v) is 14.8. The molecule has 0 unspecified atom stereocenters. The topological polar surface area (TPSA) is 70.6 Å². The molecule has 2 heterocycles. The molecule has 1 aliphatic heterocycles. The summed E-state index contributed by atoms with van der Waals surface area (Å²) in [6.07, 6.45) is 0. The molecule has 1 N–H and O–H groups in total. The summed E-state index contributed by atoms with van der Waals surface area (Å²) in [6.45, 7) is 5.04. The molecule has 0 aliphatic carbocycles. The maximum atomic E-state index is 12.8. The van der Waals surface area contributed by atoms with Crippen LogP contribution in [0.4, 0.5) is 11.6 Å². The van der Waals surface area contributed by atoms with Crippen molar-refractivity contribution >= 4 is 17.5 Å². The minimum Gasteiger partial charge on any atom is -0.495 e. The Morgan fingerprint density at radius 2 is 1.88 bits per heavy atom. The van der Waals surface area contributed by atoms with Gasteiger partial charge in [-0.2, -0.15) is 0 Å². The van der Waals surface area contributed by atoms with Crippen molar-refractivity contribution in [1.29, 1.82) is 0 Å². The number of amides is 1. The van der Waals surface area contributed by atoms with Crippen LogP contribution in [0.2, 0.25) is 0 Å². The third-order valence-corrected chi connectivity index (χ3v) is 4.22. The second-order valence-corrected chi connectivity index (χ2v) is 6.14. The number of nitrogens with one attached hydrogen (secondary N) is 1. The van der Waals surface area contributed by atoms with Crippen LogP contribution in [0, 0.1) is 6.92 Å². The maximum Gasteiger partial charge on any atom is 0.272 e. The molecule has 0 radical (unpaired) electrons. The fourth-order valence-electron chi connectivity index (χ4n) is 2.77. The van der Waals surface area contributed by atoms with Crippen LogP contribution >= 0.6 is 0 Å². The molecule has 2 aromatic rings. The molecule has 0 saturated carbocycles. The van der Waals surface area contributed by atoms with Crippen molar-refractivity contribution in [2.45, 2.75) is 6.92 Å². The number of aromatic nitrogens is 2. The Morgan fingerprint density at radius 3 is 2.60 bits per heavy atom. The Bertz CT molecular complexity index is 757. The van der Waals surface area contributed by atoms with Gasteiger partial charge in [-0.15, -0.1) is 0 Å². The molecule has 1 aromatic carbocycles. The summed E-state index contributed by atoms with van der Waals surface area (Å²) in [5.74, 6) is 1.03. The van der Waals surface area contributed by atoms with E-state index < -0.39 is 0 Å². The van der Waals surface area contributed by atoms with E-state index in [-0.39, 0.29) is 5.91 Å². The summed E-state index contributed by atoms with van der Waals surface area (Å²) in [5, 5.41) is 3.14. The second-order valence-electron chi connectivity index (χ2n) is 6.14. The number of rotatable bonds is 4. The standard InChI is InChI=1S/C18H23N5O2/c1-13-12-15(17(24)23-10-8-22(2)9-11-23)21-18(19-13)20-14-6-4-5-7-16(14)25-3/h4-7,12H,8-11H2,1-3H3,(H,19,20,21). The van der Waals surface area contributed by atoms with Gasteiger partial charge in [-0.1, -0.05) is 12.1 Å². The van der Waals surface area contributed by atoms with Gasteiger partial charge in [-0.25, -0.2) is 9.97 Å². The summed E-state index contributed by atoms with van der Waals surface area (Å²) in [7, 11) is 3.67. The molecule has 1 aliphatic rings. The zero-order valence-electron chi connectivity index (χ0n) is 14.8. The molecule has 1 fully saturated rings. The summed E-state index contributed by atoms with van der Waals surface area (Å²) in [4.78, 5) is 25.6. The van der Waals surface area contributed by atoms with Crippen molar-refractivity contribution in [3.8, 4) is 5.75 Å². The van der Waals surface area contributed by atoms with E-state index in [0.717, 1.165) is 24.5 Å². The molecular weight excluding hydrogens is 318 g/mol. The quantitative estimate of drug-likeness (QED) is 0.916. The summed E-state index contributed by atoms with van der Waals surface area (Å²) in [6, 6.07) is 9.26. The number of para-hydroxylation sites is 2. The van der Waals surface area contributed by atoms with Crippen LogP contribution in [0.1, 0.15) is 16.2 Å². The lowest BCUT2D eigenvalue weighted by Gasteiger charge is -2.32. The van der Waals surface area contributed by atoms with Gasteiger partial charge in [0.15, 0.2) is 0 Å². The van der Waals surface area contributed by atoms with Gasteiger partial charge >= 0.3 is 0 Å². The largest absolute Gasteiger partial charge is 0.495 e.